The van der Waals surface area contributed by atoms with Crippen molar-refractivity contribution in [3.8, 4) is 0 Å². The van der Waals surface area contributed by atoms with Crippen molar-refractivity contribution in [1.82, 2.24) is 14.8 Å². The van der Waals surface area contributed by atoms with Gasteiger partial charge in [-0.2, -0.15) is 0 Å². The largest absolute Gasteiger partial charge is 0.302 e. The molecule has 0 aliphatic heterocycles. The average molecular weight is 228 g/mol. The van der Waals surface area contributed by atoms with Crippen LogP contribution >= 0.6 is 34.4 Å². The Bertz CT molecular complexity index is 126. The molecule has 7 heavy (non-hydrogen) atoms. The minimum absolute atomic E-state index is 0.737. The number of hydrogen-bond donors (Lipinski definition) is 1. The Morgan fingerprint density at radius 3 is 2.86 bits per heavy atom. The van der Waals surface area contributed by atoms with E-state index in [-0.39, 0.29) is 0 Å². The first kappa shape index (κ1) is 5.16. The van der Waals surface area contributed by atoms with Gasteiger partial charge in [-0.1, -0.05) is 9.59 Å². The van der Waals surface area contributed by atoms with Crippen molar-refractivity contribution in [2.75, 3.05) is 3.53 Å². The molecule has 0 saturated carbocycles. The first-order chi connectivity index (χ1) is 3.43. The Balaban J connectivity index is 2.76. The first-order valence-corrected chi connectivity index (χ1v) is 3.30. The van der Waals surface area contributed by atoms with Crippen LogP contribution in [0.3, 0.4) is 0 Å². The molecule has 0 radical (unpaired) electrons. The lowest BCUT2D eigenvalue weighted by Gasteiger charge is -1.77. The molecule has 0 saturated heterocycles. The Hall–Kier alpha value is 0.0200. The van der Waals surface area contributed by atoms with Crippen molar-refractivity contribution in [3.05, 3.63) is 0 Å². The zero-order valence-corrected chi connectivity index (χ0v) is 6.10. The van der Waals surface area contributed by atoms with E-state index in [9.17, 15) is 0 Å². The van der Waals surface area contributed by atoms with Crippen LogP contribution in [0.5, 0.6) is 0 Å². The van der Waals surface area contributed by atoms with Gasteiger partial charge in [0.15, 0.2) is 0 Å². The fraction of sp³-hybridized carbons (Fsp3) is 0. The van der Waals surface area contributed by atoms with E-state index >= 15 is 0 Å². The van der Waals surface area contributed by atoms with E-state index in [0.717, 1.165) is 5.13 Å². The van der Waals surface area contributed by atoms with E-state index < -0.39 is 0 Å². The lowest BCUT2D eigenvalue weighted by molar-refractivity contribution is 0.964. The summed E-state index contributed by atoms with van der Waals surface area (Å²) in [4.78, 5) is 0. The Morgan fingerprint density at radius 1 is 1.71 bits per heavy atom. The van der Waals surface area contributed by atoms with Gasteiger partial charge in [0.25, 0.3) is 0 Å². The zero-order chi connectivity index (χ0) is 5.11. The highest BCUT2D eigenvalue weighted by Crippen LogP contribution is 2.05. The molecule has 0 bridgehead atoms. The summed E-state index contributed by atoms with van der Waals surface area (Å²) < 4.78 is 6.27. The molecular weight excluding hydrogens is 227 g/mol. The van der Waals surface area contributed by atoms with Crippen molar-refractivity contribution in [1.29, 1.82) is 0 Å². The summed E-state index contributed by atoms with van der Waals surface area (Å²) in [5.41, 5.74) is 0. The molecule has 0 aromatic carbocycles. The number of nitrogens with one attached hydrogen (secondary N) is 1. The monoisotopic (exact) mass is 228 g/mol. The normalized spacial score (nSPS) is 8.71. The van der Waals surface area contributed by atoms with Crippen LogP contribution in [0.2, 0.25) is 0 Å². The number of anilines is 1. The number of nitrogens with zero attached hydrogens (tertiary/aromatic N) is 3. The quantitative estimate of drug-likeness (QED) is 0.567. The molecule has 1 aromatic rings. The van der Waals surface area contributed by atoms with Crippen LogP contribution in [0.15, 0.2) is 0 Å². The van der Waals surface area contributed by atoms with Crippen LogP contribution in [0.4, 0.5) is 5.13 Å². The third-order valence-corrected chi connectivity index (χ3v) is 1.77. The van der Waals surface area contributed by atoms with Gasteiger partial charge in [0.05, 0.1) is 22.9 Å². The van der Waals surface area contributed by atoms with Crippen molar-refractivity contribution >= 4 is 39.5 Å². The van der Waals surface area contributed by atoms with Gasteiger partial charge in [-0.3, -0.25) is 0 Å². The van der Waals surface area contributed by atoms with Gasteiger partial charge in [0, 0.05) is 11.5 Å². The Morgan fingerprint density at radius 2 is 2.57 bits per heavy atom. The van der Waals surface area contributed by atoms with Crippen molar-refractivity contribution in [2.24, 2.45) is 0 Å². The molecule has 6 heteroatoms. The molecule has 0 aliphatic rings. The SMILES string of the molecule is INc1nnns1. The third-order valence-electron chi connectivity index (χ3n) is 0.380. The topological polar surface area (TPSA) is 50.7 Å². The van der Waals surface area contributed by atoms with E-state index in [1.165, 1.54) is 11.5 Å². The second kappa shape index (κ2) is 2.36. The van der Waals surface area contributed by atoms with Gasteiger partial charge >= 0.3 is 0 Å². The molecule has 0 aliphatic carbocycles. The van der Waals surface area contributed by atoms with Gasteiger partial charge in [0.2, 0.25) is 5.13 Å². The smallest absolute Gasteiger partial charge is 0.233 e. The molecule has 1 heterocycles. The van der Waals surface area contributed by atoms with Gasteiger partial charge in [-0.15, -0.1) is 0 Å². The minimum atomic E-state index is 0.737. The molecule has 0 fully saturated rings. The maximum Gasteiger partial charge on any atom is 0.233 e. The van der Waals surface area contributed by atoms with Gasteiger partial charge in [-0.05, 0) is 5.21 Å². The van der Waals surface area contributed by atoms with Gasteiger partial charge in [-0.25, -0.2) is 0 Å². The van der Waals surface area contributed by atoms with Crippen molar-refractivity contribution in [3.63, 3.8) is 0 Å². The fourth-order valence-corrected chi connectivity index (χ4v) is 0.831. The predicted molar refractivity (Wildman–Crippen MR) is 35.3 cm³/mol. The fourth-order valence-electron chi connectivity index (χ4n) is 0.170. The number of halogens is 1. The maximum absolute atomic E-state index is 3.57. The van der Waals surface area contributed by atoms with Crippen LogP contribution in [0.1, 0.15) is 0 Å². The zero-order valence-electron chi connectivity index (χ0n) is 3.13. The van der Waals surface area contributed by atoms with Crippen LogP contribution in [-0.2, 0) is 0 Å². The van der Waals surface area contributed by atoms with Crippen molar-refractivity contribution in [2.45, 2.75) is 0 Å². The van der Waals surface area contributed by atoms with Gasteiger partial charge < -0.3 is 3.53 Å². The molecule has 0 amide bonds. The lowest BCUT2D eigenvalue weighted by Crippen LogP contribution is -1.74. The van der Waals surface area contributed by atoms with Crippen LogP contribution in [0.25, 0.3) is 0 Å². The number of hydrogen-bond acceptors (Lipinski definition) is 5. The molecule has 0 spiro atoms. The molecule has 1 N–H and O–H groups in total. The predicted octanol–water partition coefficient (Wildman–Crippen LogP) is 0.695. The highest BCUT2D eigenvalue weighted by atomic mass is 127. The molecule has 0 atom stereocenters. The van der Waals surface area contributed by atoms with E-state index in [2.05, 4.69) is 18.3 Å². The molecule has 4 nitrogen and oxygen atoms in total. The van der Waals surface area contributed by atoms with E-state index in [1.807, 2.05) is 22.9 Å². The van der Waals surface area contributed by atoms with Gasteiger partial charge in [0.1, 0.15) is 0 Å². The summed E-state index contributed by atoms with van der Waals surface area (Å²) in [6.45, 7) is 0. The number of rotatable bonds is 1. The standard InChI is InChI=1S/CHIN4S/c2-3-1-4-5-6-7-1/h(H,3,4,6). The lowest BCUT2D eigenvalue weighted by atomic mass is 11.3. The number of aromatic nitrogens is 3. The summed E-state index contributed by atoms with van der Waals surface area (Å²) in [5, 5.41) is 7.65. The summed E-state index contributed by atoms with van der Waals surface area (Å²) in [6.07, 6.45) is 0. The molecule has 1 rings (SSSR count). The molecule has 1 aromatic heterocycles. The van der Waals surface area contributed by atoms with E-state index in [4.69, 9.17) is 0 Å². The van der Waals surface area contributed by atoms with E-state index in [0.29, 0.717) is 0 Å². The van der Waals surface area contributed by atoms with Crippen LogP contribution in [0, 0.1) is 0 Å². The van der Waals surface area contributed by atoms with E-state index in [1.54, 1.807) is 0 Å². The van der Waals surface area contributed by atoms with Crippen LogP contribution in [-0.4, -0.2) is 14.8 Å². The second-order valence-corrected chi connectivity index (χ2v) is 2.03. The average Bonchev–Trinajstić information content (AvgIpc) is 2.14. The highest BCUT2D eigenvalue weighted by Gasteiger charge is 1.88. The molecular formula is CHIN4S. The van der Waals surface area contributed by atoms with Crippen molar-refractivity contribution < 1.29 is 0 Å². The second-order valence-electron chi connectivity index (χ2n) is 0.762. The maximum atomic E-state index is 3.57. The minimum Gasteiger partial charge on any atom is -0.302 e. The summed E-state index contributed by atoms with van der Waals surface area (Å²) >= 11 is 3.20. The summed E-state index contributed by atoms with van der Waals surface area (Å²) in [5.74, 6) is 0. The molecule has 38 valence electrons. The summed E-state index contributed by atoms with van der Waals surface area (Å²) in [7, 11) is 0. The molecule has 0 unspecified atom stereocenters. The first-order valence-electron chi connectivity index (χ1n) is 1.45. The van der Waals surface area contributed by atoms with Crippen LogP contribution < -0.4 is 3.53 Å². The Labute approximate surface area is 58.0 Å². The highest BCUT2D eigenvalue weighted by molar-refractivity contribution is 14.1. The Kier molecular flexibility index (Phi) is 1.74. The summed E-state index contributed by atoms with van der Waals surface area (Å²) in [6, 6.07) is 0. The third kappa shape index (κ3) is 1.20.